The molecule has 0 amide bonds. The standard InChI is InChI=1S/C7H5BrN2O/c8-5-1-4-2-6(9)11-7(4)10-3-5/h1-3H,9H2. The zero-order valence-corrected chi connectivity index (χ0v) is 7.13. The van der Waals surface area contributed by atoms with Gasteiger partial charge in [0.15, 0.2) is 5.88 Å². The van der Waals surface area contributed by atoms with Gasteiger partial charge in [0.25, 0.3) is 0 Å². The fourth-order valence-electron chi connectivity index (χ4n) is 0.925. The topological polar surface area (TPSA) is 52.0 Å². The third-order valence-corrected chi connectivity index (χ3v) is 1.79. The van der Waals surface area contributed by atoms with Crippen molar-refractivity contribution in [2.45, 2.75) is 0 Å². The molecule has 2 aromatic rings. The molecule has 0 atom stereocenters. The second-order valence-electron chi connectivity index (χ2n) is 2.20. The van der Waals surface area contributed by atoms with Gasteiger partial charge in [-0.05, 0) is 22.0 Å². The largest absolute Gasteiger partial charge is 0.423 e. The van der Waals surface area contributed by atoms with Crippen LogP contribution in [0.2, 0.25) is 0 Å². The lowest BCUT2D eigenvalue weighted by atomic mass is 10.3. The van der Waals surface area contributed by atoms with E-state index >= 15 is 0 Å². The number of aromatic nitrogens is 1. The van der Waals surface area contributed by atoms with E-state index < -0.39 is 0 Å². The Morgan fingerprint density at radius 2 is 2.27 bits per heavy atom. The molecule has 0 aliphatic carbocycles. The van der Waals surface area contributed by atoms with E-state index in [4.69, 9.17) is 10.2 Å². The molecule has 2 rings (SSSR count). The van der Waals surface area contributed by atoms with Crippen molar-refractivity contribution in [1.82, 2.24) is 4.98 Å². The summed E-state index contributed by atoms with van der Waals surface area (Å²) in [6, 6.07) is 3.65. The van der Waals surface area contributed by atoms with Gasteiger partial charge in [0.05, 0.1) is 0 Å². The lowest BCUT2D eigenvalue weighted by Gasteiger charge is -1.86. The number of fused-ring (bicyclic) bond motifs is 1. The molecule has 2 N–H and O–H groups in total. The molecule has 0 unspecified atom stereocenters. The summed E-state index contributed by atoms with van der Waals surface area (Å²) in [6.45, 7) is 0. The lowest BCUT2D eigenvalue weighted by molar-refractivity contribution is 0.624. The van der Waals surface area contributed by atoms with E-state index in [1.165, 1.54) is 0 Å². The molecule has 2 heterocycles. The number of rotatable bonds is 0. The smallest absolute Gasteiger partial charge is 0.228 e. The molecule has 0 saturated heterocycles. The van der Waals surface area contributed by atoms with Gasteiger partial charge in [0, 0.05) is 22.1 Å². The first-order valence-electron chi connectivity index (χ1n) is 3.06. The molecule has 4 heteroatoms. The minimum atomic E-state index is 0.394. The van der Waals surface area contributed by atoms with Crippen LogP contribution in [0.3, 0.4) is 0 Å². The van der Waals surface area contributed by atoms with Crippen LogP contribution in [0.5, 0.6) is 0 Å². The highest BCUT2D eigenvalue weighted by Crippen LogP contribution is 2.21. The highest BCUT2D eigenvalue weighted by atomic mass is 79.9. The lowest BCUT2D eigenvalue weighted by Crippen LogP contribution is -1.75. The third kappa shape index (κ3) is 1.09. The van der Waals surface area contributed by atoms with Crippen molar-refractivity contribution < 1.29 is 4.42 Å². The summed E-state index contributed by atoms with van der Waals surface area (Å²) in [5.41, 5.74) is 5.99. The van der Waals surface area contributed by atoms with Crippen molar-refractivity contribution in [3.8, 4) is 0 Å². The quantitative estimate of drug-likeness (QED) is 0.729. The minimum absolute atomic E-state index is 0.394. The second kappa shape index (κ2) is 2.23. The summed E-state index contributed by atoms with van der Waals surface area (Å²) in [4.78, 5) is 4.01. The van der Waals surface area contributed by atoms with Crippen molar-refractivity contribution in [3.05, 3.63) is 22.8 Å². The monoisotopic (exact) mass is 212 g/mol. The van der Waals surface area contributed by atoms with Gasteiger partial charge >= 0.3 is 0 Å². The number of hydrogen-bond donors (Lipinski definition) is 1. The molecule has 0 saturated carbocycles. The number of hydrogen-bond acceptors (Lipinski definition) is 3. The Bertz CT molecular complexity index is 396. The molecule has 0 radical (unpaired) electrons. The van der Waals surface area contributed by atoms with E-state index in [-0.39, 0.29) is 0 Å². The predicted molar refractivity (Wildman–Crippen MR) is 46.1 cm³/mol. The maximum Gasteiger partial charge on any atom is 0.228 e. The number of anilines is 1. The fourth-order valence-corrected chi connectivity index (χ4v) is 1.27. The minimum Gasteiger partial charge on any atom is -0.423 e. The van der Waals surface area contributed by atoms with Gasteiger partial charge in [0.1, 0.15) is 0 Å². The Hall–Kier alpha value is -1.03. The Kier molecular flexibility index (Phi) is 1.35. The molecule has 0 bridgehead atoms. The van der Waals surface area contributed by atoms with Crippen molar-refractivity contribution in [2.75, 3.05) is 5.73 Å². The molecule has 0 fully saturated rings. The molecule has 0 aromatic carbocycles. The van der Waals surface area contributed by atoms with Crippen LogP contribution in [0.25, 0.3) is 11.1 Å². The molecule has 0 spiro atoms. The van der Waals surface area contributed by atoms with Crippen molar-refractivity contribution in [1.29, 1.82) is 0 Å². The van der Waals surface area contributed by atoms with E-state index in [0.717, 1.165) is 9.86 Å². The Morgan fingerprint density at radius 3 is 3.09 bits per heavy atom. The Labute approximate surface area is 71.3 Å². The maximum atomic E-state index is 5.42. The molecular formula is C7H5BrN2O. The van der Waals surface area contributed by atoms with Crippen LogP contribution in [-0.4, -0.2) is 4.98 Å². The van der Waals surface area contributed by atoms with E-state index in [1.807, 2.05) is 6.07 Å². The van der Waals surface area contributed by atoms with Gasteiger partial charge in [-0.25, -0.2) is 4.98 Å². The number of halogens is 1. The zero-order valence-electron chi connectivity index (χ0n) is 5.54. The number of pyridine rings is 1. The summed E-state index contributed by atoms with van der Waals surface area (Å²) in [6.07, 6.45) is 1.67. The summed E-state index contributed by atoms with van der Waals surface area (Å²) >= 11 is 3.30. The third-order valence-electron chi connectivity index (χ3n) is 1.36. The van der Waals surface area contributed by atoms with E-state index in [0.29, 0.717) is 11.6 Å². The van der Waals surface area contributed by atoms with E-state index in [9.17, 15) is 0 Å². The van der Waals surface area contributed by atoms with Crippen molar-refractivity contribution >= 4 is 32.9 Å². The van der Waals surface area contributed by atoms with Gasteiger partial charge in [-0.15, -0.1) is 0 Å². The number of nitrogens with two attached hydrogens (primary N) is 1. The highest BCUT2D eigenvalue weighted by molar-refractivity contribution is 9.10. The molecular weight excluding hydrogens is 208 g/mol. The van der Waals surface area contributed by atoms with Gasteiger partial charge in [-0.3, -0.25) is 0 Å². The number of nitrogen functional groups attached to an aromatic ring is 1. The van der Waals surface area contributed by atoms with Crippen LogP contribution in [0, 0.1) is 0 Å². The molecule has 0 aliphatic heterocycles. The number of nitrogens with zero attached hydrogens (tertiary/aromatic N) is 1. The summed E-state index contributed by atoms with van der Waals surface area (Å²) < 4.78 is 5.99. The average Bonchev–Trinajstić information content (AvgIpc) is 2.27. The molecule has 3 nitrogen and oxygen atoms in total. The predicted octanol–water partition coefficient (Wildman–Crippen LogP) is 2.17. The van der Waals surface area contributed by atoms with Crippen LogP contribution in [0.15, 0.2) is 27.2 Å². The summed E-state index contributed by atoms with van der Waals surface area (Å²) in [5, 5.41) is 0.914. The molecule has 56 valence electrons. The van der Waals surface area contributed by atoms with Gasteiger partial charge in [-0.1, -0.05) is 0 Å². The normalized spacial score (nSPS) is 10.6. The SMILES string of the molecule is Nc1cc2cc(Br)cnc2o1. The molecule has 2 aromatic heterocycles. The van der Waals surface area contributed by atoms with Crippen molar-refractivity contribution in [3.63, 3.8) is 0 Å². The Balaban J connectivity index is 2.82. The van der Waals surface area contributed by atoms with Crippen molar-refractivity contribution in [2.24, 2.45) is 0 Å². The maximum absolute atomic E-state index is 5.42. The summed E-state index contributed by atoms with van der Waals surface area (Å²) in [5.74, 6) is 0.394. The van der Waals surface area contributed by atoms with E-state index in [2.05, 4.69) is 20.9 Å². The first kappa shape index (κ1) is 6.67. The first-order valence-corrected chi connectivity index (χ1v) is 3.85. The first-order chi connectivity index (χ1) is 5.25. The van der Waals surface area contributed by atoms with Crippen LogP contribution < -0.4 is 5.73 Å². The van der Waals surface area contributed by atoms with Crippen LogP contribution in [0.1, 0.15) is 0 Å². The average molecular weight is 213 g/mol. The van der Waals surface area contributed by atoms with Gasteiger partial charge < -0.3 is 10.2 Å². The second-order valence-corrected chi connectivity index (χ2v) is 3.11. The fraction of sp³-hybridized carbons (Fsp3) is 0. The number of furan rings is 1. The zero-order chi connectivity index (χ0) is 7.84. The van der Waals surface area contributed by atoms with E-state index in [1.54, 1.807) is 12.3 Å². The van der Waals surface area contributed by atoms with Gasteiger partial charge in [0.2, 0.25) is 5.71 Å². The Morgan fingerprint density at radius 1 is 1.45 bits per heavy atom. The highest BCUT2D eigenvalue weighted by Gasteiger charge is 2.00. The van der Waals surface area contributed by atoms with Crippen LogP contribution >= 0.6 is 15.9 Å². The van der Waals surface area contributed by atoms with Crippen LogP contribution in [0.4, 0.5) is 5.88 Å². The molecule has 0 aliphatic rings. The molecule has 11 heavy (non-hydrogen) atoms. The van der Waals surface area contributed by atoms with Crippen LogP contribution in [-0.2, 0) is 0 Å². The summed E-state index contributed by atoms with van der Waals surface area (Å²) in [7, 11) is 0. The van der Waals surface area contributed by atoms with Gasteiger partial charge in [-0.2, -0.15) is 0 Å².